The van der Waals surface area contributed by atoms with Gasteiger partial charge < -0.3 is 5.11 Å². The highest BCUT2D eigenvalue weighted by Gasteiger charge is 2.27. The Kier molecular flexibility index (Phi) is 5.04. The summed E-state index contributed by atoms with van der Waals surface area (Å²) in [5.41, 5.74) is 0. The number of halogens is 2. The van der Waals surface area contributed by atoms with Crippen molar-refractivity contribution in [2.24, 2.45) is 0 Å². The molecule has 0 atom stereocenters. The van der Waals surface area contributed by atoms with Crippen molar-refractivity contribution in [2.45, 2.75) is 11.8 Å². The maximum absolute atomic E-state index is 12.3. The first-order chi connectivity index (χ1) is 8.34. The van der Waals surface area contributed by atoms with E-state index >= 15 is 0 Å². The van der Waals surface area contributed by atoms with Gasteiger partial charge in [0.25, 0.3) is 0 Å². The number of sulfonamides is 1. The molecule has 0 spiro atoms. The van der Waals surface area contributed by atoms with Gasteiger partial charge in [0, 0.05) is 18.1 Å². The monoisotopic (exact) mass is 309 g/mol. The van der Waals surface area contributed by atoms with Gasteiger partial charge in [0.05, 0.1) is 5.02 Å². The molecule has 0 radical (unpaired) electrons. The van der Waals surface area contributed by atoms with Crippen LogP contribution >= 0.6 is 23.2 Å². The van der Waals surface area contributed by atoms with Gasteiger partial charge in [-0.2, -0.15) is 4.31 Å². The van der Waals surface area contributed by atoms with Crippen molar-refractivity contribution in [1.29, 1.82) is 0 Å². The number of phenolic OH excluding ortho intramolecular Hbond substituents is 1. The van der Waals surface area contributed by atoms with E-state index in [4.69, 9.17) is 23.2 Å². The summed E-state index contributed by atoms with van der Waals surface area (Å²) in [7, 11) is -3.85. The lowest BCUT2D eigenvalue weighted by molar-refractivity contribution is 0.437. The van der Waals surface area contributed by atoms with Gasteiger partial charge in [0.15, 0.2) is 5.75 Å². The third kappa shape index (κ3) is 2.98. The molecule has 1 N–H and O–H groups in total. The fraction of sp³-hybridized carbons (Fsp3) is 0.273. The highest BCUT2D eigenvalue weighted by atomic mass is 35.5. The van der Waals surface area contributed by atoms with Crippen LogP contribution in [0, 0.1) is 0 Å². The van der Waals surface area contributed by atoms with E-state index in [1.54, 1.807) is 6.92 Å². The fourth-order valence-electron chi connectivity index (χ4n) is 1.42. The summed E-state index contributed by atoms with van der Waals surface area (Å²) in [5.74, 6) is -0.497. The van der Waals surface area contributed by atoms with Gasteiger partial charge in [-0.3, -0.25) is 0 Å². The lowest BCUT2D eigenvalue weighted by atomic mass is 10.3. The first-order valence-corrected chi connectivity index (χ1v) is 7.33. The molecule has 1 aromatic carbocycles. The molecular weight excluding hydrogens is 297 g/mol. The van der Waals surface area contributed by atoms with E-state index in [0.29, 0.717) is 0 Å². The van der Waals surface area contributed by atoms with E-state index in [1.165, 1.54) is 18.2 Å². The minimum Gasteiger partial charge on any atom is -0.505 e. The van der Waals surface area contributed by atoms with Crippen molar-refractivity contribution < 1.29 is 13.5 Å². The Morgan fingerprint density at radius 2 is 2.06 bits per heavy atom. The van der Waals surface area contributed by atoms with Crippen LogP contribution in [-0.2, 0) is 10.0 Å². The Labute approximate surface area is 116 Å². The summed E-state index contributed by atoms with van der Waals surface area (Å²) in [6, 6.07) is 2.45. The summed E-state index contributed by atoms with van der Waals surface area (Å²) in [5, 5.41) is 9.79. The summed E-state index contributed by atoms with van der Waals surface area (Å²) >= 11 is 11.5. The molecule has 100 valence electrons. The minimum absolute atomic E-state index is 0.101. The van der Waals surface area contributed by atoms with Gasteiger partial charge in [0.2, 0.25) is 10.0 Å². The first kappa shape index (κ1) is 15.3. The van der Waals surface area contributed by atoms with E-state index in [2.05, 4.69) is 6.58 Å². The predicted molar refractivity (Wildman–Crippen MR) is 72.8 cm³/mol. The van der Waals surface area contributed by atoms with Crippen LogP contribution in [0.3, 0.4) is 0 Å². The molecule has 0 saturated heterocycles. The lowest BCUT2D eigenvalue weighted by Gasteiger charge is -2.19. The Balaban J connectivity index is 3.40. The number of hydrogen-bond acceptors (Lipinski definition) is 3. The predicted octanol–water partition coefficient (Wildman–Crippen LogP) is 2.90. The van der Waals surface area contributed by atoms with Crippen molar-refractivity contribution in [1.82, 2.24) is 4.31 Å². The van der Waals surface area contributed by atoms with Crippen molar-refractivity contribution in [3.8, 4) is 5.75 Å². The number of rotatable bonds is 5. The first-order valence-electron chi connectivity index (χ1n) is 5.13. The molecule has 0 unspecified atom stereocenters. The SMILES string of the molecule is C=CCN(CC)S(=O)(=O)c1cc(Cl)cc(Cl)c1O. The Bertz CT molecular complexity index is 558. The maximum Gasteiger partial charge on any atom is 0.247 e. The number of nitrogens with zero attached hydrogens (tertiary/aromatic N) is 1. The standard InChI is InChI=1S/C11H13Cl2NO3S/c1-3-5-14(4-2)18(16,17)10-7-8(12)6-9(13)11(10)15/h3,6-7,15H,1,4-5H2,2H3. The molecule has 0 heterocycles. The van der Waals surface area contributed by atoms with E-state index in [1.807, 2.05) is 0 Å². The topological polar surface area (TPSA) is 57.6 Å². The Morgan fingerprint density at radius 3 is 2.56 bits per heavy atom. The molecule has 4 nitrogen and oxygen atoms in total. The summed E-state index contributed by atoms with van der Waals surface area (Å²) in [6.07, 6.45) is 1.46. The number of benzene rings is 1. The largest absolute Gasteiger partial charge is 0.505 e. The molecular formula is C11H13Cl2NO3S. The normalized spacial score (nSPS) is 11.8. The Morgan fingerprint density at radius 1 is 1.44 bits per heavy atom. The lowest BCUT2D eigenvalue weighted by Crippen LogP contribution is -2.31. The van der Waals surface area contributed by atoms with Crippen molar-refractivity contribution >= 4 is 33.2 Å². The number of aromatic hydroxyl groups is 1. The molecule has 0 aliphatic rings. The highest BCUT2D eigenvalue weighted by molar-refractivity contribution is 7.89. The summed E-state index contributed by atoms with van der Waals surface area (Å²) in [6.45, 7) is 5.57. The second-order valence-corrected chi connectivity index (χ2v) is 6.23. The number of likely N-dealkylation sites (N-methyl/N-ethyl adjacent to an activating group) is 1. The molecule has 18 heavy (non-hydrogen) atoms. The molecule has 1 rings (SSSR count). The maximum atomic E-state index is 12.3. The Hall–Kier alpha value is -0.750. The minimum atomic E-state index is -3.85. The van der Waals surface area contributed by atoms with Crippen LogP contribution < -0.4 is 0 Å². The van der Waals surface area contributed by atoms with Crippen molar-refractivity contribution in [2.75, 3.05) is 13.1 Å². The van der Waals surface area contributed by atoms with E-state index in [9.17, 15) is 13.5 Å². The quantitative estimate of drug-likeness (QED) is 0.851. The van der Waals surface area contributed by atoms with Gasteiger partial charge in [-0.25, -0.2) is 8.42 Å². The molecule has 0 aliphatic heterocycles. The highest BCUT2D eigenvalue weighted by Crippen LogP contribution is 2.35. The molecule has 0 bridgehead atoms. The van der Waals surface area contributed by atoms with Crippen LogP contribution in [0.2, 0.25) is 10.0 Å². The third-order valence-corrected chi connectivity index (χ3v) is 4.76. The van der Waals surface area contributed by atoms with Gasteiger partial charge in [-0.1, -0.05) is 36.2 Å². The van der Waals surface area contributed by atoms with Crippen LogP contribution in [0.5, 0.6) is 5.75 Å². The van der Waals surface area contributed by atoms with Crippen LogP contribution in [0.4, 0.5) is 0 Å². The zero-order valence-electron chi connectivity index (χ0n) is 9.73. The number of hydrogen-bond donors (Lipinski definition) is 1. The molecule has 7 heteroatoms. The van der Waals surface area contributed by atoms with Crippen LogP contribution in [0.1, 0.15) is 6.92 Å². The van der Waals surface area contributed by atoms with E-state index in [-0.39, 0.29) is 28.0 Å². The average Bonchev–Trinajstić information content (AvgIpc) is 2.30. The smallest absolute Gasteiger partial charge is 0.247 e. The molecule has 0 saturated carbocycles. The molecule has 0 aliphatic carbocycles. The number of phenols is 1. The van der Waals surface area contributed by atoms with Crippen molar-refractivity contribution in [3.05, 3.63) is 34.8 Å². The van der Waals surface area contributed by atoms with Crippen molar-refractivity contribution in [3.63, 3.8) is 0 Å². The third-order valence-electron chi connectivity index (χ3n) is 2.30. The van der Waals surface area contributed by atoms with Gasteiger partial charge >= 0.3 is 0 Å². The van der Waals surface area contributed by atoms with E-state index < -0.39 is 15.8 Å². The zero-order valence-corrected chi connectivity index (χ0v) is 12.1. The molecule has 1 aromatic rings. The fourth-order valence-corrected chi connectivity index (χ4v) is 3.58. The molecule has 0 fully saturated rings. The second kappa shape index (κ2) is 5.93. The van der Waals surface area contributed by atoms with Gasteiger partial charge in [-0.15, -0.1) is 6.58 Å². The van der Waals surface area contributed by atoms with Gasteiger partial charge in [-0.05, 0) is 12.1 Å². The summed E-state index contributed by atoms with van der Waals surface area (Å²) in [4.78, 5) is -0.302. The van der Waals surface area contributed by atoms with Crippen LogP contribution in [0.15, 0.2) is 29.7 Å². The summed E-state index contributed by atoms with van der Waals surface area (Å²) < 4.78 is 25.7. The molecule has 0 amide bonds. The van der Waals surface area contributed by atoms with Crippen LogP contribution in [0.25, 0.3) is 0 Å². The van der Waals surface area contributed by atoms with E-state index in [0.717, 1.165) is 4.31 Å². The zero-order chi connectivity index (χ0) is 13.9. The second-order valence-electron chi connectivity index (χ2n) is 3.48. The average molecular weight is 310 g/mol. The van der Waals surface area contributed by atoms with Gasteiger partial charge in [0.1, 0.15) is 4.90 Å². The van der Waals surface area contributed by atoms with Crippen LogP contribution in [-0.4, -0.2) is 30.9 Å². The molecule has 0 aromatic heterocycles.